The van der Waals surface area contributed by atoms with E-state index < -0.39 is 0 Å². The average molecular weight is 297 g/mol. The normalized spacial score (nSPS) is 26.5. The zero-order valence-electron chi connectivity index (χ0n) is 12.7. The number of halogens is 1. The first-order chi connectivity index (χ1) is 10.8. The van der Waals surface area contributed by atoms with Crippen LogP contribution in [0.15, 0.2) is 42.5 Å². The Hall–Kier alpha value is -1.71. The van der Waals surface area contributed by atoms with Crippen LogP contribution in [0.25, 0.3) is 0 Å². The molecule has 0 unspecified atom stereocenters. The summed E-state index contributed by atoms with van der Waals surface area (Å²) in [5, 5.41) is 3.32. The van der Waals surface area contributed by atoms with Crippen molar-refractivity contribution in [3.63, 3.8) is 0 Å². The quantitative estimate of drug-likeness (QED) is 0.869. The zero-order valence-corrected chi connectivity index (χ0v) is 12.7. The maximum atomic E-state index is 13.8. The molecule has 114 valence electrons. The number of likely N-dealkylation sites (N-methyl/N-ethyl adjacent to an activating group) is 1. The molecule has 1 heterocycles. The molecule has 2 aromatic rings. The van der Waals surface area contributed by atoms with E-state index >= 15 is 0 Å². The van der Waals surface area contributed by atoms with Gasteiger partial charge in [0.2, 0.25) is 0 Å². The molecule has 0 aromatic heterocycles. The second-order valence-corrected chi connectivity index (χ2v) is 6.30. The van der Waals surface area contributed by atoms with Gasteiger partial charge < -0.3 is 10.1 Å². The van der Waals surface area contributed by atoms with Gasteiger partial charge in [-0.25, -0.2) is 4.39 Å². The van der Waals surface area contributed by atoms with E-state index in [0.717, 1.165) is 18.4 Å². The maximum absolute atomic E-state index is 13.8. The summed E-state index contributed by atoms with van der Waals surface area (Å²) in [6, 6.07) is 14.1. The summed E-state index contributed by atoms with van der Waals surface area (Å²) in [5.41, 5.74) is 4.90. The number of hydrogen-bond acceptors (Lipinski definition) is 2. The standard InChI is InChI=1S/C19H20FNO/c1-21-15-10-18-16-5-3-2-4-12(16)8-13-6-7-14(20)9-17(13)19(18)22-11-15/h2-7,9,15,18-19,21H,8,10-11H2,1H3/t15-,18+,19-/m0/s1. The first kappa shape index (κ1) is 13.9. The molecule has 0 bridgehead atoms. The topological polar surface area (TPSA) is 21.3 Å². The molecular weight excluding hydrogens is 277 g/mol. The Balaban J connectivity index is 1.87. The van der Waals surface area contributed by atoms with Crippen LogP contribution < -0.4 is 5.32 Å². The molecule has 2 aliphatic rings. The average Bonchev–Trinajstić information content (AvgIpc) is 2.69. The maximum Gasteiger partial charge on any atom is 0.123 e. The minimum atomic E-state index is -0.178. The lowest BCUT2D eigenvalue weighted by molar-refractivity contribution is -0.0190. The zero-order chi connectivity index (χ0) is 15.1. The lowest BCUT2D eigenvalue weighted by atomic mass is 9.82. The highest BCUT2D eigenvalue weighted by atomic mass is 19.1. The molecule has 0 saturated carbocycles. The van der Waals surface area contributed by atoms with Crippen molar-refractivity contribution in [2.75, 3.05) is 13.7 Å². The van der Waals surface area contributed by atoms with Gasteiger partial charge in [-0.3, -0.25) is 0 Å². The molecule has 0 spiro atoms. The third-order valence-corrected chi connectivity index (χ3v) is 5.04. The lowest BCUT2D eigenvalue weighted by Gasteiger charge is -2.36. The van der Waals surface area contributed by atoms with Crippen LogP contribution in [0.5, 0.6) is 0 Å². The van der Waals surface area contributed by atoms with E-state index in [1.54, 1.807) is 12.1 Å². The molecule has 0 radical (unpaired) electrons. The highest BCUT2D eigenvalue weighted by molar-refractivity contribution is 5.44. The third-order valence-electron chi connectivity index (χ3n) is 5.04. The second kappa shape index (κ2) is 5.49. The Morgan fingerprint density at radius 3 is 2.77 bits per heavy atom. The Labute approximate surface area is 130 Å². The second-order valence-electron chi connectivity index (χ2n) is 6.30. The minimum absolute atomic E-state index is 0.0426. The van der Waals surface area contributed by atoms with Crippen LogP contribution >= 0.6 is 0 Å². The summed E-state index contributed by atoms with van der Waals surface area (Å²) in [6.45, 7) is 0.676. The molecule has 22 heavy (non-hydrogen) atoms. The summed E-state index contributed by atoms with van der Waals surface area (Å²) < 4.78 is 20.0. The van der Waals surface area contributed by atoms with Gasteiger partial charge in [0.1, 0.15) is 5.82 Å². The first-order valence-corrected chi connectivity index (χ1v) is 7.91. The van der Waals surface area contributed by atoms with Crippen LogP contribution in [0.2, 0.25) is 0 Å². The smallest absolute Gasteiger partial charge is 0.123 e. The molecule has 1 fully saturated rings. The van der Waals surface area contributed by atoms with Crippen LogP contribution in [0, 0.1) is 5.82 Å². The van der Waals surface area contributed by atoms with Gasteiger partial charge in [0, 0.05) is 12.0 Å². The molecule has 1 aliphatic heterocycles. The molecule has 0 amide bonds. The van der Waals surface area contributed by atoms with Crippen molar-refractivity contribution in [1.29, 1.82) is 0 Å². The van der Waals surface area contributed by atoms with Crippen molar-refractivity contribution in [2.24, 2.45) is 0 Å². The van der Waals surface area contributed by atoms with Crippen molar-refractivity contribution in [2.45, 2.75) is 30.9 Å². The van der Waals surface area contributed by atoms with E-state index in [1.165, 1.54) is 16.7 Å². The van der Waals surface area contributed by atoms with Crippen molar-refractivity contribution in [3.05, 3.63) is 70.5 Å². The first-order valence-electron chi connectivity index (χ1n) is 7.91. The molecular formula is C19H20FNO. The largest absolute Gasteiger partial charge is 0.371 e. The Morgan fingerprint density at radius 2 is 1.91 bits per heavy atom. The Kier molecular flexibility index (Phi) is 3.47. The molecule has 2 aromatic carbocycles. The number of rotatable bonds is 1. The summed E-state index contributed by atoms with van der Waals surface area (Å²) in [4.78, 5) is 0. The van der Waals surface area contributed by atoms with Crippen LogP contribution in [0.1, 0.15) is 40.7 Å². The molecule has 3 heteroatoms. The van der Waals surface area contributed by atoms with E-state index in [0.29, 0.717) is 12.6 Å². The molecule has 4 rings (SSSR count). The van der Waals surface area contributed by atoms with E-state index in [9.17, 15) is 4.39 Å². The van der Waals surface area contributed by atoms with E-state index in [-0.39, 0.29) is 17.8 Å². The van der Waals surface area contributed by atoms with Crippen LogP contribution in [0.4, 0.5) is 4.39 Å². The van der Waals surface area contributed by atoms with Gasteiger partial charge >= 0.3 is 0 Å². The molecule has 1 aliphatic carbocycles. The predicted octanol–water partition coefficient (Wildman–Crippen LogP) is 3.56. The van der Waals surface area contributed by atoms with Crippen molar-refractivity contribution in [1.82, 2.24) is 5.32 Å². The van der Waals surface area contributed by atoms with Gasteiger partial charge in [-0.1, -0.05) is 30.3 Å². The van der Waals surface area contributed by atoms with Gasteiger partial charge in [0.15, 0.2) is 0 Å². The van der Waals surface area contributed by atoms with Crippen LogP contribution in [-0.2, 0) is 11.2 Å². The summed E-state index contributed by atoms with van der Waals surface area (Å²) in [6.07, 6.45) is 1.83. The summed E-state index contributed by atoms with van der Waals surface area (Å²) in [7, 11) is 1.98. The van der Waals surface area contributed by atoms with Gasteiger partial charge in [-0.15, -0.1) is 0 Å². The fraction of sp³-hybridized carbons (Fsp3) is 0.368. The highest BCUT2D eigenvalue weighted by Gasteiger charge is 2.37. The van der Waals surface area contributed by atoms with E-state index in [2.05, 4.69) is 29.6 Å². The number of ether oxygens (including phenoxy) is 1. The third kappa shape index (κ3) is 2.25. The monoisotopic (exact) mass is 297 g/mol. The SMILES string of the molecule is CN[C@@H]1CO[C@H]2c3cc(F)ccc3Cc3ccccc3[C@H]2C1. The van der Waals surface area contributed by atoms with Crippen molar-refractivity contribution < 1.29 is 9.13 Å². The summed E-state index contributed by atoms with van der Waals surface area (Å²) >= 11 is 0. The number of hydrogen-bond donors (Lipinski definition) is 1. The highest BCUT2D eigenvalue weighted by Crippen LogP contribution is 2.46. The number of nitrogens with one attached hydrogen (secondary N) is 1. The van der Waals surface area contributed by atoms with E-state index in [1.807, 2.05) is 13.1 Å². The van der Waals surface area contributed by atoms with Crippen molar-refractivity contribution >= 4 is 0 Å². The van der Waals surface area contributed by atoms with Gasteiger partial charge in [0.25, 0.3) is 0 Å². The lowest BCUT2D eigenvalue weighted by Crippen LogP contribution is -2.39. The van der Waals surface area contributed by atoms with Gasteiger partial charge in [-0.2, -0.15) is 0 Å². The van der Waals surface area contributed by atoms with Gasteiger partial charge in [0.05, 0.1) is 12.7 Å². The van der Waals surface area contributed by atoms with Gasteiger partial charge in [-0.05, 0) is 54.3 Å². The summed E-state index contributed by atoms with van der Waals surface area (Å²) in [5.74, 6) is 0.105. The number of fused-ring (bicyclic) bond motifs is 5. The molecule has 1 N–H and O–H groups in total. The van der Waals surface area contributed by atoms with Crippen LogP contribution in [-0.4, -0.2) is 19.7 Å². The Morgan fingerprint density at radius 1 is 1.09 bits per heavy atom. The Bertz CT molecular complexity index is 700. The fourth-order valence-corrected chi connectivity index (χ4v) is 3.89. The minimum Gasteiger partial charge on any atom is -0.371 e. The van der Waals surface area contributed by atoms with E-state index in [4.69, 9.17) is 4.74 Å². The molecule has 2 nitrogen and oxygen atoms in total. The van der Waals surface area contributed by atoms with Crippen molar-refractivity contribution in [3.8, 4) is 0 Å². The number of benzene rings is 2. The van der Waals surface area contributed by atoms with Crippen LogP contribution in [0.3, 0.4) is 0 Å². The predicted molar refractivity (Wildman–Crippen MR) is 84.5 cm³/mol. The molecule has 1 saturated heterocycles. The fourth-order valence-electron chi connectivity index (χ4n) is 3.89. The molecule has 3 atom stereocenters.